The molecule has 0 radical (unpaired) electrons. The van der Waals surface area contributed by atoms with Crippen molar-refractivity contribution in [3.63, 3.8) is 0 Å². The lowest BCUT2D eigenvalue weighted by molar-refractivity contribution is 0.0996. The molecule has 0 aliphatic heterocycles. The Bertz CT molecular complexity index is 1340. The van der Waals surface area contributed by atoms with Crippen LogP contribution in [0, 0.1) is 0 Å². The van der Waals surface area contributed by atoms with Crippen molar-refractivity contribution < 1.29 is 19.1 Å². The van der Waals surface area contributed by atoms with Crippen LogP contribution in [0.1, 0.15) is 48.5 Å². The number of phenolic OH excluding ortho intramolecular Hbond substituents is 1. The van der Waals surface area contributed by atoms with E-state index in [2.05, 4.69) is 11.9 Å². The highest BCUT2D eigenvalue weighted by Crippen LogP contribution is 2.27. The Kier molecular flexibility index (Phi) is 7.28. The Morgan fingerprint density at radius 2 is 1.71 bits per heavy atom. The number of aryl methyl sites for hydroxylation is 1. The molecular weight excluding hydrogens is 428 g/mol. The Balaban J connectivity index is 1.64. The zero-order valence-corrected chi connectivity index (χ0v) is 19.2. The van der Waals surface area contributed by atoms with Crippen LogP contribution in [0.25, 0.3) is 11.0 Å². The van der Waals surface area contributed by atoms with Crippen LogP contribution in [-0.4, -0.2) is 11.0 Å². The van der Waals surface area contributed by atoms with Crippen LogP contribution in [0.4, 0.5) is 5.69 Å². The van der Waals surface area contributed by atoms with Crippen molar-refractivity contribution in [3.8, 4) is 17.2 Å². The number of hydrogen-bond donors (Lipinski definition) is 2. The van der Waals surface area contributed by atoms with Crippen molar-refractivity contribution in [2.45, 2.75) is 39.0 Å². The predicted octanol–water partition coefficient (Wildman–Crippen LogP) is 6.38. The monoisotopic (exact) mass is 456 g/mol. The van der Waals surface area contributed by atoms with E-state index in [1.807, 2.05) is 36.4 Å². The van der Waals surface area contributed by atoms with Gasteiger partial charge in [0.25, 0.3) is 5.91 Å². The zero-order chi connectivity index (χ0) is 23.9. The third kappa shape index (κ3) is 5.64. The summed E-state index contributed by atoms with van der Waals surface area (Å²) >= 11 is 0. The molecule has 6 nitrogen and oxygen atoms in total. The third-order valence-electron chi connectivity index (χ3n) is 5.56. The first-order chi connectivity index (χ1) is 16.5. The molecule has 6 heteroatoms. The molecule has 0 bridgehead atoms. The molecule has 0 aliphatic carbocycles. The van der Waals surface area contributed by atoms with Gasteiger partial charge in [-0.2, -0.15) is 0 Å². The summed E-state index contributed by atoms with van der Waals surface area (Å²) in [7, 11) is 0. The van der Waals surface area contributed by atoms with E-state index in [9.17, 15) is 9.90 Å². The average Bonchev–Trinajstić information content (AvgIpc) is 2.83. The van der Waals surface area contributed by atoms with Crippen LogP contribution in [0.3, 0.4) is 0 Å². The largest absolute Gasteiger partial charge is 0.508 e. The van der Waals surface area contributed by atoms with Crippen LogP contribution >= 0.6 is 0 Å². The molecule has 0 spiro atoms. The van der Waals surface area contributed by atoms with Crippen LogP contribution in [-0.2, 0) is 6.42 Å². The van der Waals surface area contributed by atoms with Crippen molar-refractivity contribution >= 4 is 22.6 Å². The summed E-state index contributed by atoms with van der Waals surface area (Å²) in [5.74, 6) is 0.934. The molecule has 3 aromatic carbocycles. The molecule has 0 unspecified atom stereocenters. The van der Waals surface area contributed by atoms with Gasteiger partial charge < -0.3 is 20.0 Å². The lowest BCUT2D eigenvalue weighted by Crippen LogP contribution is -2.21. The first kappa shape index (κ1) is 23.1. The second-order valence-corrected chi connectivity index (χ2v) is 8.18. The van der Waals surface area contributed by atoms with Crippen LogP contribution in [0.15, 0.2) is 82.2 Å². The smallest absolute Gasteiger partial charge is 0.254 e. The Morgan fingerprint density at radius 3 is 2.41 bits per heavy atom. The first-order valence-electron chi connectivity index (χ1n) is 11.5. The number of ether oxygens (including phenoxy) is 1. The number of benzene rings is 3. The first-order valence-corrected chi connectivity index (χ1v) is 11.5. The van der Waals surface area contributed by atoms with Gasteiger partial charge >= 0.3 is 0 Å². The number of nitrogens with two attached hydrogens (primary N) is 1. The van der Waals surface area contributed by atoms with E-state index in [1.54, 1.807) is 36.4 Å². The van der Waals surface area contributed by atoms with Gasteiger partial charge in [-0.25, -0.2) is 4.99 Å². The van der Waals surface area contributed by atoms with Crippen molar-refractivity contribution in [2.24, 2.45) is 10.7 Å². The maximum absolute atomic E-state index is 12.1. The molecule has 1 amide bonds. The van der Waals surface area contributed by atoms with Gasteiger partial charge in [0.15, 0.2) is 0 Å². The lowest BCUT2D eigenvalue weighted by atomic mass is 10.0. The molecule has 34 heavy (non-hydrogen) atoms. The van der Waals surface area contributed by atoms with Gasteiger partial charge in [-0.15, -0.1) is 0 Å². The number of rotatable bonds is 9. The van der Waals surface area contributed by atoms with Gasteiger partial charge in [-0.3, -0.25) is 4.79 Å². The SMILES string of the molecule is CCCCCCc1cc2cc(C(N)=O)c(=Nc3ccc(Oc4ccccc4)cc3)oc2cc1O. The minimum atomic E-state index is -0.633. The number of para-hydroxylation sites is 1. The predicted molar refractivity (Wildman–Crippen MR) is 132 cm³/mol. The van der Waals surface area contributed by atoms with Gasteiger partial charge in [0.1, 0.15) is 28.4 Å². The maximum atomic E-state index is 12.1. The average molecular weight is 457 g/mol. The summed E-state index contributed by atoms with van der Waals surface area (Å²) in [6, 6.07) is 21.7. The summed E-state index contributed by atoms with van der Waals surface area (Å²) in [4.78, 5) is 16.6. The molecular formula is C28H28N2O4. The van der Waals surface area contributed by atoms with E-state index in [4.69, 9.17) is 14.9 Å². The summed E-state index contributed by atoms with van der Waals surface area (Å²) in [6.07, 6.45) is 5.18. The number of aromatic hydroxyl groups is 1. The molecule has 0 atom stereocenters. The highest BCUT2D eigenvalue weighted by atomic mass is 16.5. The molecule has 3 N–H and O–H groups in total. The van der Waals surface area contributed by atoms with E-state index < -0.39 is 5.91 Å². The molecule has 0 saturated carbocycles. The molecule has 0 saturated heterocycles. The summed E-state index contributed by atoms with van der Waals surface area (Å²) in [5, 5.41) is 11.2. The molecule has 0 aliphatic rings. The van der Waals surface area contributed by atoms with Crippen molar-refractivity contribution in [1.82, 2.24) is 0 Å². The van der Waals surface area contributed by atoms with Gasteiger partial charge in [-0.05, 0) is 66.9 Å². The van der Waals surface area contributed by atoms with E-state index in [0.29, 0.717) is 22.4 Å². The molecule has 4 rings (SSSR count). The number of carbonyl (C=O) groups excluding carboxylic acids is 1. The molecule has 1 heterocycles. The minimum Gasteiger partial charge on any atom is -0.508 e. The molecule has 174 valence electrons. The lowest BCUT2D eigenvalue weighted by Gasteiger charge is -2.08. The van der Waals surface area contributed by atoms with Crippen molar-refractivity contribution in [3.05, 3.63) is 89.5 Å². The number of fused-ring (bicyclic) bond motifs is 1. The third-order valence-corrected chi connectivity index (χ3v) is 5.56. The Hall–Kier alpha value is -4.06. The topological polar surface area (TPSA) is 98.1 Å². The second kappa shape index (κ2) is 10.7. The number of unbranched alkanes of at least 4 members (excludes halogenated alkanes) is 3. The van der Waals surface area contributed by atoms with Gasteiger partial charge in [0, 0.05) is 11.5 Å². The van der Waals surface area contributed by atoms with E-state index in [0.717, 1.165) is 37.0 Å². The van der Waals surface area contributed by atoms with Gasteiger partial charge in [-0.1, -0.05) is 44.4 Å². The van der Waals surface area contributed by atoms with Crippen LogP contribution in [0.5, 0.6) is 17.2 Å². The van der Waals surface area contributed by atoms with Crippen molar-refractivity contribution in [1.29, 1.82) is 0 Å². The Labute approximate surface area is 198 Å². The van der Waals surface area contributed by atoms with Gasteiger partial charge in [0.05, 0.1) is 5.69 Å². The zero-order valence-electron chi connectivity index (χ0n) is 19.2. The molecule has 1 aromatic heterocycles. The van der Waals surface area contributed by atoms with E-state index >= 15 is 0 Å². The maximum Gasteiger partial charge on any atom is 0.254 e. The fourth-order valence-electron chi connectivity index (χ4n) is 3.74. The quantitative estimate of drug-likeness (QED) is 0.285. The standard InChI is InChI=1S/C28H28N2O4/c1-2-3-4-6-9-19-16-20-17-24(27(29)32)28(34-26(20)18-25(19)31)30-21-12-14-23(15-13-21)33-22-10-7-5-8-11-22/h5,7-8,10-18,31H,2-4,6,9H2,1H3,(H2,29,32). The summed E-state index contributed by atoms with van der Waals surface area (Å²) in [6.45, 7) is 2.16. The van der Waals surface area contributed by atoms with Crippen LogP contribution < -0.4 is 16.0 Å². The number of amides is 1. The molecule has 4 aromatic rings. The minimum absolute atomic E-state index is 0.0897. The highest BCUT2D eigenvalue weighted by molar-refractivity contribution is 5.95. The van der Waals surface area contributed by atoms with Crippen molar-refractivity contribution in [2.75, 3.05) is 0 Å². The van der Waals surface area contributed by atoms with E-state index in [-0.39, 0.29) is 16.9 Å². The number of carbonyl (C=O) groups is 1. The van der Waals surface area contributed by atoms with Gasteiger partial charge in [0.2, 0.25) is 5.55 Å². The number of phenols is 1. The van der Waals surface area contributed by atoms with E-state index in [1.165, 1.54) is 6.42 Å². The fraction of sp³-hybridized carbons (Fsp3) is 0.214. The second-order valence-electron chi connectivity index (χ2n) is 8.18. The highest BCUT2D eigenvalue weighted by Gasteiger charge is 2.12. The molecule has 0 fully saturated rings. The number of nitrogens with zero attached hydrogens (tertiary/aromatic N) is 1. The summed E-state index contributed by atoms with van der Waals surface area (Å²) < 4.78 is 11.7. The van der Waals surface area contributed by atoms with Crippen LogP contribution in [0.2, 0.25) is 0 Å². The number of hydrogen-bond acceptors (Lipinski definition) is 5. The Morgan fingerprint density at radius 1 is 0.971 bits per heavy atom. The fourth-order valence-corrected chi connectivity index (χ4v) is 3.74. The normalized spacial score (nSPS) is 11.6. The number of primary amides is 1. The summed E-state index contributed by atoms with van der Waals surface area (Å²) in [5.41, 5.74) is 7.72.